The van der Waals surface area contributed by atoms with E-state index >= 15 is 0 Å². The molecule has 1 aromatic heterocycles. The lowest BCUT2D eigenvalue weighted by Crippen LogP contribution is -2.09. The van der Waals surface area contributed by atoms with Crippen LogP contribution in [0.4, 0.5) is 5.69 Å². The van der Waals surface area contributed by atoms with Gasteiger partial charge in [0.15, 0.2) is 5.82 Å². The van der Waals surface area contributed by atoms with Crippen molar-refractivity contribution in [3.05, 3.63) is 87.7 Å². The number of carbonyl (C=O) groups is 1. The number of benzene rings is 2. The minimum atomic E-state index is -0.509. The van der Waals surface area contributed by atoms with Gasteiger partial charge in [0.25, 0.3) is 5.69 Å². The Morgan fingerprint density at radius 3 is 2.46 bits per heavy atom. The first-order valence-electron chi connectivity index (χ1n) is 8.60. The molecule has 28 heavy (non-hydrogen) atoms. The van der Waals surface area contributed by atoms with Crippen LogP contribution in [-0.2, 0) is 4.74 Å². The zero-order valence-corrected chi connectivity index (χ0v) is 15.1. The molecular formula is C21H17N3O4. The number of nitrogens with zero attached hydrogens (tertiary/aromatic N) is 3. The van der Waals surface area contributed by atoms with Crippen LogP contribution >= 0.6 is 0 Å². The van der Waals surface area contributed by atoms with Crippen LogP contribution in [0.25, 0.3) is 23.5 Å². The first-order chi connectivity index (χ1) is 13.6. The molecule has 0 amide bonds. The molecule has 3 aromatic rings. The Labute approximate surface area is 161 Å². The van der Waals surface area contributed by atoms with Crippen LogP contribution in [0, 0.1) is 10.1 Å². The lowest BCUT2D eigenvalue weighted by atomic mass is 10.1. The summed E-state index contributed by atoms with van der Waals surface area (Å²) in [5.41, 5.74) is 2.23. The second kappa shape index (κ2) is 8.68. The van der Waals surface area contributed by atoms with Gasteiger partial charge in [-0.3, -0.25) is 10.1 Å². The maximum atomic E-state index is 12.2. The summed E-state index contributed by atoms with van der Waals surface area (Å²) >= 11 is 0. The Bertz CT molecular complexity index is 1020. The van der Waals surface area contributed by atoms with Gasteiger partial charge in [0.1, 0.15) is 5.56 Å². The van der Waals surface area contributed by atoms with Crippen molar-refractivity contribution in [2.75, 3.05) is 6.61 Å². The molecule has 0 unspecified atom stereocenters. The number of carbonyl (C=O) groups excluding carboxylic acids is 1. The SMILES string of the molecule is CCOC(=O)c1cnc(-c2ccccc2)nc1/C=C/c1ccc([N+](=O)[O-])cc1. The zero-order chi connectivity index (χ0) is 19.9. The van der Waals surface area contributed by atoms with Crippen molar-refractivity contribution >= 4 is 23.8 Å². The van der Waals surface area contributed by atoms with Gasteiger partial charge in [-0.1, -0.05) is 36.4 Å². The molecule has 140 valence electrons. The molecule has 3 rings (SSSR count). The largest absolute Gasteiger partial charge is 0.462 e. The van der Waals surface area contributed by atoms with E-state index in [1.807, 2.05) is 30.3 Å². The van der Waals surface area contributed by atoms with Crippen LogP contribution in [0.15, 0.2) is 60.8 Å². The highest BCUT2D eigenvalue weighted by molar-refractivity contribution is 5.94. The number of ether oxygens (including phenoxy) is 1. The van der Waals surface area contributed by atoms with Crippen molar-refractivity contribution in [2.45, 2.75) is 6.92 Å². The van der Waals surface area contributed by atoms with Crippen LogP contribution in [-0.4, -0.2) is 27.5 Å². The van der Waals surface area contributed by atoms with Crippen LogP contribution in [0.3, 0.4) is 0 Å². The van der Waals surface area contributed by atoms with Gasteiger partial charge in [0.05, 0.1) is 17.2 Å². The van der Waals surface area contributed by atoms with Crippen molar-refractivity contribution in [3.8, 4) is 11.4 Å². The Morgan fingerprint density at radius 2 is 1.82 bits per heavy atom. The predicted octanol–water partition coefficient (Wildman–Crippen LogP) is 4.40. The molecule has 0 N–H and O–H groups in total. The van der Waals surface area contributed by atoms with E-state index in [1.165, 1.54) is 18.3 Å². The fraction of sp³-hybridized carbons (Fsp3) is 0.0952. The first-order valence-corrected chi connectivity index (χ1v) is 8.60. The number of nitro benzene ring substituents is 1. The fourth-order valence-corrected chi connectivity index (χ4v) is 2.50. The highest BCUT2D eigenvalue weighted by Crippen LogP contribution is 2.19. The highest BCUT2D eigenvalue weighted by Gasteiger charge is 2.15. The lowest BCUT2D eigenvalue weighted by Gasteiger charge is -2.07. The predicted molar refractivity (Wildman–Crippen MR) is 105 cm³/mol. The van der Waals surface area contributed by atoms with E-state index in [9.17, 15) is 14.9 Å². The molecule has 0 aliphatic rings. The number of nitro groups is 1. The number of hydrogen-bond acceptors (Lipinski definition) is 6. The molecule has 2 aromatic carbocycles. The lowest BCUT2D eigenvalue weighted by molar-refractivity contribution is -0.384. The quantitative estimate of drug-likeness (QED) is 0.360. The monoisotopic (exact) mass is 375 g/mol. The van der Waals surface area contributed by atoms with Crippen LogP contribution in [0.1, 0.15) is 28.5 Å². The maximum absolute atomic E-state index is 12.2. The Morgan fingerprint density at radius 1 is 1.11 bits per heavy atom. The third-order valence-electron chi connectivity index (χ3n) is 3.88. The van der Waals surface area contributed by atoms with Crippen molar-refractivity contribution in [2.24, 2.45) is 0 Å². The van der Waals surface area contributed by atoms with Crippen LogP contribution in [0.5, 0.6) is 0 Å². The Balaban J connectivity index is 1.97. The molecule has 0 saturated carbocycles. The number of hydrogen-bond donors (Lipinski definition) is 0. The molecule has 0 bridgehead atoms. The molecule has 0 radical (unpaired) electrons. The fourth-order valence-electron chi connectivity index (χ4n) is 2.50. The molecule has 0 saturated heterocycles. The molecule has 0 atom stereocenters. The van der Waals surface area contributed by atoms with Gasteiger partial charge in [-0.25, -0.2) is 14.8 Å². The molecule has 1 heterocycles. The number of aromatic nitrogens is 2. The summed E-state index contributed by atoms with van der Waals surface area (Å²) in [6.07, 6.45) is 4.84. The number of non-ortho nitro benzene ring substituents is 1. The van der Waals surface area contributed by atoms with E-state index in [2.05, 4.69) is 9.97 Å². The van der Waals surface area contributed by atoms with E-state index in [1.54, 1.807) is 31.2 Å². The summed E-state index contributed by atoms with van der Waals surface area (Å²) in [4.78, 5) is 31.3. The van der Waals surface area contributed by atoms with Crippen molar-refractivity contribution in [1.29, 1.82) is 0 Å². The van der Waals surface area contributed by atoms with E-state index in [-0.39, 0.29) is 17.9 Å². The van der Waals surface area contributed by atoms with Crippen LogP contribution < -0.4 is 0 Å². The number of esters is 1. The second-order valence-electron chi connectivity index (χ2n) is 5.76. The Kier molecular flexibility index (Phi) is 5.86. The van der Waals surface area contributed by atoms with Crippen molar-refractivity contribution in [3.63, 3.8) is 0 Å². The summed E-state index contributed by atoms with van der Waals surface area (Å²) in [6, 6.07) is 15.5. The molecule has 0 aliphatic heterocycles. The van der Waals surface area contributed by atoms with Gasteiger partial charge in [-0.2, -0.15) is 0 Å². The molecule has 7 nitrogen and oxygen atoms in total. The smallest absolute Gasteiger partial charge is 0.341 e. The van der Waals surface area contributed by atoms with Gasteiger partial charge >= 0.3 is 5.97 Å². The van der Waals surface area contributed by atoms with E-state index in [4.69, 9.17) is 4.74 Å². The van der Waals surface area contributed by atoms with Crippen LogP contribution in [0.2, 0.25) is 0 Å². The van der Waals surface area contributed by atoms with Gasteiger partial charge in [-0.15, -0.1) is 0 Å². The molecule has 0 fully saturated rings. The molecule has 0 aliphatic carbocycles. The standard InChI is InChI=1S/C21H17N3O4/c1-2-28-21(25)18-14-22-20(16-6-4-3-5-7-16)23-19(18)13-10-15-8-11-17(12-9-15)24(26)27/h3-14H,2H2,1H3/b13-10+. The highest BCUT2D eigenvalue weighted by atomic mass is 16.6. The zero-order valence-electron chi connectivity index (χ0n) is 15.1. The van der Waals surface area contributed by atoms with Crippen molar-refractivity contribution < 1.29 is 14.5 Å². The summed E-state index contributed by atoms with van der Waals surface area (Å²) in [5, 5.41) is 10.8. The van der Waals surface area contributed by atoms with Gasteiger partial charge in [0, 0.05) is 23.9 Å². The van der Waals surface area contributed by atoms with E-state index < -0.39 is 10.9 Å². The third-order valence-corrected chi connectivity index (χ3v) is 3.88. The topological polar surface area (TPSA) is 95.2 Å². The van der Waals surface area contributed by atoms with E-state index in [0.29, 0.717) is 11.5 Å². The van der Waals surface area contributed by atoms with Gasteiger partial charge in [0.2, 0.25) is 0 Å². The second-order valence-corrected chi connectivity index (χ2v) is 5.76. The van der Waals surface area contributed by atoms with Gasteiger partial charge in [-0.05, 0) is 30.7 Å². The summed E-state index contributed by atoms with van der Waals surface area (Å²) in [6.45, 7) is 1.97. The normalized spacial score (nSPS) is 10.8. The molecule has 7 heteroatoms. The van der Waals surface area contributed by atoms with Gasteiger partial charge < -0.3 is 4.74 Å². The first kappa shape index (κ1) is 18.9. The minimum Gasteiger partial charge on any atom is -0.462 e. The minimum absolute atomic E-state index is 0.0118. The van der Waals surface area contributed by atoms with Crippen molar-refractivity contribution in [1.82, 2.24) is 9.97 Å². The average Bonchev–Trinajstić information content (AvgIpc) is 2.73. The summed E-state index contributed by atoms with van der Waals surface area (Å²) in [7, 11) is 0. The summed E-state index contributed by atoms with van der Waals surface area (Å²) < 4.78 is 5.08. The van der Waals surface area contributed by atoms with E-state index in [0.717, 1.165) is 11.1 Å². The third kappa shape index (κ3) is 4.45. The molecule has 0 spiro atoms. The number of rotatable bonds is 6. The average molecular weight is 375 g/mol. The Hall–Kier alpha value is -3.87. The molecular weight excluding hydrogens is 358 g/mol. The summed E-state index contributed by atoms with van der Waals surface area (Å²) in [5.74, 6) is -0.0255. The maximum Gasteiger partial charge on any atom is 0.341 e.